The Kier molecular flexibility index (Phi) is 5.00. The Hall–Kier alpha value is -2.41. The lowest BCUT2D eigenvalue weighted by molar-refractivity contribution is -0.121. The van der Waals surface area contributed by atoms with Crippen molar-refractivity contribution in [3.63, 3.8) is 0 Å². The summed E-state index contributed by atoms with van der Waals surface area (Å²) < 4.78 is 1.41. The molecule has 122 valence electrons. The maximum atomic E-state index is 12.0. The first-order valence-electron chi connectivity index (χ1n) is 7.03. The number of aromatic nitrogens is 3. The zero-order valence-corrected chi connectivity index (χ0v) is 13.9. The Morgan fingerprint density at radius 1 is 1.26 bits per heavy atom. The topological polar surface area (TPSA) is 88.9 Å². The zero-order chi connectivity index (χ0) is 17.0. The molecule has 0 saturated heterocycles. The molecule has 0 unspecified atom stereocenters. The van der Waals surface area contributed by atoms with Gasteiger partial charge in [-0.1, -0.05) is 28.9 Å². The third-order valence-corrected chi connectivity index (χ3v) is 3.07. The summed E-state index contributed by atoms with van der Waals surface area (Å²) in [5.41, 5.74) is 0.370. The summed E-state index contributed by atoms with van der Waals surface area (Å²) in [5, 5.41) is 13.4. The Morgan fingerprint density at radius 2 is 1.96 bits per heavy atom. The van der Waals surface area contributed by atoms with E-state index in [0.717, 1.165) is 0 Å². The van der Waals surface area contributed by atoms with Crippen LogP contribution in [0.4, 0.5) is 0 Å². The van der Waals surface area contributed by atoms with E-state index in [4.69, 9.17) is 11.6 Å². The molecule has 2 rings (SSSR count). The molecule has 1 heterocycles. The molecule has 23 heavy (non-hydrogen) atoms. The maximum absolute atomic E-state index is 12.0. The molecule has 0 aliphatic heterocycles. The summed E-state index contributed by atoms with van der Waals surface area (Å²) in [7, 11) is 0. The lowest BCUT2D eigenvalue weighted by Crippen LogP contribution is -2.45. The highest BCUT2D eigenvalue weighted by molar-refractivity contribution is 6.32. The number of benzene rings is 1. The van der Waals surface area contributed by atoms with E-state index in [-0.39, 0.29) is 23.7 Å². The highest BCUT2D eigenvalue weighted by atomic mass is 35.5. The first-order chi connectivity index (χ1) is 10.8. The van der Waals surface area contributed by atoms with Crippen molar-refractivity contribution >= 4 is 23.4 Å². The molecule has 0 bridgehead atoms. The number of nitrogens with one attached hydrogen (secondary N) is 2. The number of carbonyl (C=O) groups excluding carboxylic acids is 2. The average Bonchev–Trinajstić information content (AvgIpc) is 2.93. The van der Waals surface area contributed by atoms with Gasteiger partial charge in [0.2, 0.25) is 5.91 Å². The lowest BCUT2D eigenvalue weighted by atomic mass is 10.1. The van der Waals surface area contributed by atoms with Gasteiger partial charge in [0.05, 0.1) is 23.5 Å². The molecule has 0 aliphatic carbocycles. The number of nitrogens with zero attached hydrogens (tertiary/aromatic N) is 3. The molecule has 0 aliphatic rings. The fourth-order valence-corrected chi connectivity index (χ4v) is 2.06. The van der Waals surface area contributed by atoms with Crippen LogP contribution in [-0.2, 0) is 4.79 Å². The van der Waals surface area contributed by atoms with Gasteiger partial charge in [0.1, 0.15) is 0 Å². The van der Waals surface area contributed by atoms with Gasteiger partial charge in [-0.05, 0) is 32.9 Å². The van der Waals surface area contributed by atoms with Crippen LogP contribution in [0.1, 0.15) is 31.3 Å². The SMILES string of the molecule is CC(C)(C)NC(=O)CNC(=O)c1cn(-c2ccccc2Cl)nn1. The summed E-state index contributed by atoms with van der Waals surface area (Å²) in [5.74, 6) is -0.753. The van der Waals surface area contributed by atoms with Crippen LogP contribution in [0.15, 0.2) is 30.5 Å². The minimum absolute atomic E-state index is 0.105. The molecule has 0 spiro atoms. The Bertz CT molecular complexity index is 721. The molecule has 1 aromatic carbocycles. The van der Waals surface area contributed by atoms with Crippen LogP contribution in [0.25, 0.3) is 5.69 Å². The smallest absolute Gasteiger partial charge is 0.273 e. The van der Waals surface area contributed by atoms with Crippen LogP contribution in [0, 0.1) is 0 Å². The van der Waals surface area contributed by atoms with Gasteiger partial charge in [-0.2, -0.15) is 0 Å². The van der Waals surface area contributed by atoms with Crippen LogP contribution in [-0.4, -0.2) is 38.9 Å². The van der Waals surface area contributed by atoms with Crippen molar-refractivity contribution in [2.45, 2.75) is 26.3 Å². The number of hydrogen-bond donors (Lipinski definition) is 2. The van der Waals surface area contributed by atoms with E-state index >= 15 is 0 Å². The van der Waals surface area contributed by atoms with Crippen molar-refractivity contribution in [2.24, 2.45) is 0 Å². The summed E-state index contributed by atoms with van der Waals surface area (Å²) in [6, 6.07) is 7.08. The Balaban J connectivity index is 1.99. The van der Waals surface area contributed by atoms with Gasteiger partial charge in [0.25, 0.3) is 5.91 Å². The molecule has 1 aromatic heterocycles. The van der Waals surface area contributed by atoms with Crippen molar-refractivity contribution in [1.82, 2.24) is 25.6 Å². The number of rotatable bonds is 4. The average molecular weight is 336 g/mol. The van der Waals surface area contributed by atoms with Crippen molar-refractivity contribution in [3.8, 4) is 5.69 Å². The van der Waals surface area contributed by atoms with Crippen molar-refractivity contribution < 1.29 is 9.59 Å². The number of para-hydroxylation sites is 1. The summed E-state index contributed by atoms with van der Waals surface area (Å²) in [4.78, 5) is 23.7. The third-order valence-electron chi connectivity index (χ3n) is 2.75. The van der Waals surface area contributed by atoms with Gasteiger partial charge in [-0.3, -0.25) is 9.59 Å². The standard InChI is InChI=1S/C15H18ClN5O2/c1-15(2,3)18-13(22)8-17-14(23)11-9-21(20-19-11)12-7-5-4-6-10(12)16/h4-7,9H,8H2,1-3H3,(H,17,23)(H,18,22). The van der Waals surface area contributed by atoms with Crippen molar-refractivity contribution in [1.29, 1.82) is 0 Å². The molecule has 2 aromatic rings. The minimum atomic E-state index is -0.479. The molecule has 0 fully saturated rings. The molecule has 0 atom stereocenters. The van der Waals surface area contributed by atoms with E-state index < -0.39 is 5.91 Å². The molecular formula is C15H18ClN5O2. The first-order valence-corrected chi connectivity index (χ1v) is 7.40. The number of hydrogen-bond acceptors (Lipinski definition) is 4. The van der Waals surface area contributed by atoms with Crippen LogP contribution >= 0.6 is 11.6 Å². The van der Waals surface area contributed by atoms with Crippen LogP contribution in [0.5, 0.6) is 0 Å². The zero-order valence-electron chi connectivity index (χ0n) is 13.1. The second-order valence-electron chi connectivity index (χ2n) is 5.98. The second kappa shape index (κ2) is 6.78. The Morgan fingerprint density at radius 3 is 2.61 bits per heavy atom. The number of carbonyl (C=O) groups is 2. The van der Waals surface area contributed by atoms with Crippen LogP contribution < -0.4 is 10.6 Å². The summed E-state index contributed by atoms with van der Waals surface area (Å²) >= 11 is 6.07. The van der Waals surface area contributed by atoms with E-state index in [2.05, 4.69) is 20.9 Å². The van der Waals surface area contributed by atoms with E-state index in [0.29, 0.717) is 10.7 Å². The van der Waals surface area contributed by atoms with E-state index in [1.54, 1.807) is 24.3 Å². The van der Waals surface area contributed by atoms with Gasteiger partial charge in [0.15, 0.2) is 5.69 Å². The monoisotopic (exact) mass is 335 g/mol. The molecule has 8 heteroatoms. The highest BCUT2D eigenvalue weighted by Crippen LogP contribution is 2.18. The van der Waals surface area contributed by atoms with Crippen molar-refractivity contribution in [3.05, 3.63) is 41.2 Å². The molecule has 0 saturated carbocycles. The molecule has 2 amide bonds. The molecule has 2 N–H and O–H groups in total. The normalized spacial score (nSPS) is 11.1. The quantitative estimate of drug-likeness (QED) is 0.887. The number of halogens is 1. The summed E-state index contributed by atoms with van der Waals surface area (Å²) in [6.07, 6.45) is 1.46. The van der Waals surface area contributed by atoms with Crippen LogP contribution in [0.3, 0.4) is 0 Å². The molecule has 0 radical (unpaired) electrons. The first kappa shape index (κ1) is 17.0. The Labute approximate surface area is 139 Å². The van der Waals surface area contributed by atoms with Gasteiger partial charge >= 0.3 is 0 Å². The maximum Gasteiger partial charge on any atom is 0.273 e. The minimum Gasteiger partial charge on any atom is -0.350 e. The van der Waals surface area contributed by atoms with Gasteiger partial charge < -0.3 is 10.6 Å². The summed E-state index contributed by atoms with van der Waals surface area (Å²) in [6.45, 7) is 5.46. The highest BCUT2D eigenvalue weighted by Gasteiger charge is 2.16. The molecule has 7 nitrogen and oxygen atoms in total. The molecular weight excluding hydrogens is 318 g/mol. The lowest BCUT2D eigenvalue weighted by Gasteiger charge is -2.20. The predicted octanol–water partition coefficient (Wildman–Crippen LogP) is 1.57. The van der Waals surface area contributed by atoms with E-state index in [1.807, 2.05) is 20.8 Å². The third kappa shape index (κ3) is 4.79. The van der Waals surface area contributed by atoms with E-state index in [9.17, 15) is 9.59 Å². The van der Waals surface area contributed by atoms with Gasteiger partial charge in [-0.15, -0.1) is 5.10 Å². The fourth-order valence-electron chi connectivity index (χ4n) is 1.84. The van der Waals surface area contributed by atoms with E-state index in [1.165, 1.54) is 10.9 Å². The second-order valence-corrected chi connectivity index (χ2v) is 6.39. The fraction of sp³-hybridized carbons (Fsp3) is 0.333. The van der Waals surface area contributed by atoms with Crippen molar-refractivity contribution in [2.75, 3.05) is 6.54 Å². The van der Waals surface area contributed by atoms with Gasteiger partial charge in [-0.25, -0.2) is 4.68 Å². The van der Waals surface area contributed by atoms with Gasteiger partial charge in [0, 0.05) is 5.54 Å². The predicted molar refractivity (Wildman–Crippen MR) is 86.6 cm³/mol. The van der Waals surface area contributed by atoms with Crippen LogP contribution in [0.2, 0.25) is 5.02 Å². The number of amides is 2. The largest absolute Gasteiger partial charge is 0.350 e.